The third kappa shape index (κ3) is 4.12. The van der Waals surface area contributed by atoms with Gasteiger partial charge in [-0.15, -0.1) is 0 Å². The molecule has 0 bridgehead atoms. The second-order valence-corrected chi connectivity index (χ2v) is 4.92. The van der Waals surface area contributed by atoms with Gasteiger partial charge in [-0.2, -0.15) is 0 Å². The highest BCUT2D eigenvalue weighted by Gasteiger charge is 2.21. The number of hydrogen-bond acceptors (Lipinski definition) is 4. The van der Waals surface area contributed by atoms with Gasteiger partial charge in [-0.1, -0.05) is 11.6 Å². The molecule has 2 heterocycles. The van der Waals surface area contributed by atoms with Crippen LogP contribution < -0.4 is 10.1 Å². The second kappa shape index (κ2) is 6.92. The highest BCUT2D eigenvalue weighted by atomic mass is 35.5. The average molecular weight is 271 g/mol. The summed E-state index contributed by atoms with van der Waals surface area (Å²) in [7, 11) is 0. The summed E-state index contributed by atoms with van der Waals surface area (Å²) >= 11 is 5.82. The van der Waals surface area contributed by atoms with Crippen LogP contribution in [0.2, 0.25) is 5.02 Å². The molecule has 1 N–H and O–H groups in total. The largest absolute Gasteiger partial charge is 0.491 e. The van der Waals surface area contributed by atoms with Crippen LogP contribution in [0.15, 0.2) is 18.5 Å². The molecule has 2 unspecified atom stereocenters. The van der Waals surface area contributed by atoms with Crippen molar-refractivity contribution in [3.05, 3.63) is 23.5 Å². The third-order valence-corrected chi connectivity index (χ3v) is 3.25. The molecular formula is C13H19ClN2O2. The molecule has 1 fully saturated rings. The van der Waals surface area contributed by atoms with Crippen LogP contribution in [-0.2, 0) is 4.74 Å². The van der Waals surface area contributed by atoms with Crippen LogP contribution in [0.5, 0.6) is 5.75 Å². The number of halogens is 1. The molecule has 1 aromatic heterocycles. The van der Waals surface area contributed by atoms with E-state index in [1.807, 2.05) is 0 Å². The summed E-state index contributed by atoms with van der Waals surface area (Å²) in [6.07, 6.45) is 5.91. The lowest BCUT2D eigenvalue weighted by Gasteiger charge is -2.20. The number of rotatable bonds is 6. The first-order valence-corrected chi connectivity index (χ1v) is 6.72. The van der Waals surface area contributed by atoms with Gasteiger partial charge >= 0.3 is 0 Å². The molecule has 1 aliphatic heterocycles. The van der Waals surface area contributed by atoms with E-state index in [4.69, 9.17) is 21.1 Å². The van der Waals surface area contributed by atoms with Gasteiger partial charge in [0.15, 0.2) is 0 Å². The van der Waals surface area contributed by atoms with Crippen molar-refractivity contribution in [1.29, 1.82) is 0 Å². The Kier molecular flexibility index (Phi) is 5.23. The predicted octanol–water partition coefficient (Wildman–Crippen LogP) is 2.27. The first kappa shape index (κ1) is 13.6. The van der Waals surface area contributed by atoms with Crippen molar-refractivity contribution in [2.45, 2.75) is 31.9 Å². The molecule has 0 aromatic carbocycles. The Bertz CT molecular complexity index is 370. The van der Waals surface area contributed by atoms with Gasteiger partial charge in [-0.3, -0.25) is 4.98 Å². The molecule has 0 aliphatic carbocycles. The maximum Gasteiger partial charge on any atom is 0.139 e. The lowest BCUT2D eigenvalue weighted by atomic mass is 10.1. The number of aromatic nitrogens is 1. The van der Waals surface area contributed by atoms with Crippen molar-refractivity contribution in [3.63, 3.8) is 0 Å². The van der Waals surface area contributed by atoms with E-state index in [0.717, 1.165) is 19.6 Å². The molecule has 1 aromatic rings. The van der Waals surface area contributed by atoms with Gasteiger partial charge in [0, 0.05) is 31.5 Å². The number of nitrogens with zero attached hydrogens (tertiary/aromatic N) is 1. The van der Waals surface area contributed by atoms with E-state index in [9.17, 15) is 0 Å². The zero-order chi connectivity index (χ0) is 12.8. The summed E-state index contributed by atoms with van der Waals surface area (Å²) in [5.41, 5.74) is 0. The predicted molar refractivity (Wildman–Crippen MR) is 71.2 cm³/mol. The van der Waals surface area contributed by atoms with E-state index < -0.39 is 0 Å². The van der Waals surface area contributed by atoms with E-state index in [0.29, 0.717) is 29.5 Å². The van der Waals surface area contributed by atoms with Crippen molar-refractivity contribution in [2.24, 2.45) is 0 Å². The molecule has 100 valence electrons. The van der Waals surface area contributed by atoms with Gasteiger partial charge in [-0.05, 0) is 19.8 Å². The molecule has 2 atom stereocenters. The molecule has 1 aliphatic rings. The molecule has 4 nitrogen and oxygen atoms in total. The smallest absolute Gasteiger partial charge is 0.139 e. The lowest BCUT2D eigenvalue weighted by molar-refractivity contribution is 0.0824. The van der Waals surface area contributed by atoms with E-state index in [2.05, 4.69) is 17.2 Å². The van der Waals surface area contributed by atoms with Crippen LogP contribution in [0, 0.1) is 0 Å². The minimum absolute atomic E-state index is 0.345. The summed E-state index contributed by atoms with van der Waals surface area (Å²) in [5, 5.41) is 4.00. The van der Waals surface area contributed by atoms with Crippen molar-refractivity contribution in [1.82, 2.24) is 10.3 Å². The molecule has 18 heavy (non-hydrogen) atoms. The van der Waals surface area contributed by atoms with Crippen LogP contribution in [0.4, 0.5) is 0 Å². The van der Waals surface area contributed by atoms with Crippen molar-refractivity contribution < 1.29 is 9.47 Å². The van der Waals surface area contributed by atoms with Gasteiger partial charge in [-0.25, -0.2) is 0 Å². The third-order valence-electron chi connectivity index (χ3n) is 3.04. The monoisotopic (exact) mass is 270 g/mol. The van der Waals surface area contributed by atoms with Gasteiger partial charge < -0.3 is 14.8 Å². The fourth-order valence-corrected chi connectivity index (χ4v) is 2.22. The Morgan fingerprint density at radius 1 is 1.61 bits per heavy atom. The maximum absolute atomic E-state index is 5.82. The van der Waals surface area contributed by atoms with Gasteiger partial charge in [0.2, 0.25) is 0 Å². The quantitative estimate of drug-likeness (QED) is 0.806. The zero-order valence-electron chi connectivity index (χ0n) is 10.6. The van der Waals surface area contributed by atoms with Crippen LogP contribution >= 0.6 is 11.6 Å². The molecule has 0 radical (unpaired) electrons. The summed E-state index contributed by atoms with van der Waals surface area (Å²) in [6.45, 7) is 4.42. The second-order valence-electron chi connectivity index (χ2n) is 4.48. The SMILES string of the molecule is CC(NCCOc1cncc(Cl)c1)C1CCCO1. The number of nitrogens with one attached hydrogen (secondary N) is 1. The highest BCUT2D eigenvalue weighted by molar-refractivity contribution is 6.30. The Morgan fingerprint density at radius 2 is 2.50 bits per heavy atom. The molecule has 0 amide bonds. The first-order chi connectivity index (χ1) is 8.75. The Hall–Kier alpha value is -0.840. The molecular weight excluding hydrogens is 252 g/mol. The maximum atomic E-state index is 5.82. The number of hydrogen-bond donors (Lipinski definition) is 1. The van der Waals surface area contributed by atoms with E-state index >= 15 is 0 Å². The minimum Gasteiger partial charge on any atom is -0.491 e. The molecule has 2 rings (SSSR count). The molecule has 0 saturated carbocycles. The summed E-state index contributed by atoms with van der Waals surface area (Å²) in [6, 6.07) is 2.13. The van der Waals surface area contributed by atoms with Gasteiger partial charge in [0.05, 0.1) is 17.3 Å². The topological polar surface area (TPSA) is 43.4 Å². The van der Waals surface area contributed by atoms with Crippen LogP contribution in [0.3, 0.4) is 0 Å². The van der Waals surface area contributed by atoms with Crippen LogP contribution in [0.1, 0.15) is 19.8 Å². The van der Waals surface area contributed by atoms with Gasteiger partial charge in [0.1, 0.15) is 12.4 Å². The fraction of sp³-hybridized carbons (Fsp3) is 0.615. The van der Waals surface area contributed by atoms with E-state index in [1.165, 1.54) is 6.42 Å². The van der Waals surface area contributed by atoms with Crippen molar-refractivity contribution >= 4 is 11.6 Å². The fourth-order valence-electron chi connectivity index (χ4n) is 2.06. The Balaban J connectivity index is 1.63. The van der Waals surface area contributed by atoms with Crippen molar-refractivity contribution in [2.75, 3.05) is 19.8 Å². The number of pyridine rings is 1. The molecule has 1 saturated heterocycles. The molecule has 0 spiro atoms. The lowest BCUT2D eigenvalue weighted by Crippen LogP contribution is -2.39. The van der Waals surface area contributed by atoms with E-state index in [-0.39, 0.29) is 0 Å². The standard InChI is InChI=1S/C13H19ClN2O2/c1-10(13-3-2-5-18-13)16-4-6-17-12-7-11(14)8-15-9-12/h7-10,13,16H,2-6H2,1H3. The molecule has 5 heteroatoms. The van der Waals surface area contributed by atoms with Crippen LogP contribution in [0.25, 0.3) is 0 Å². The Labute approximate surface area is 113 Å². The summed E-state index contributed by atoms with van der Waals surface area (Å²) in [5.74, 6) is 0.703. The van der Waals surface area contributed by atoms with E-state index in [1.54, 1.807) is 18.5 Å². The average Bonchev–Trinajstić information content (AvgIpc) is 2.88. The summed E-state index contributed by atoms with van der Waals surface area (Å²) < 4.78 is 11.2. The zero-order valence-corrected chi connectivity index (χ0v) is 11.3. The minimum atomic E-state index is 0.345. The van der Waals surface area contributed by atoms with Gasteiger partial charge in [0.25, 0.3) is 0 Å². The Morgan fingerprint density at radius 3 is 3.22 bits per heavy atom. The summed E-state index contributed by atoms with van der Waals surface area (Å²) in [4.78, 5) is 3.96. The highest BCUT2D eigenvalue weighted by Crippen LogP contribution is 2.16. The number of ether oxygens (including phenoxy) is 2. The van der Waals surface area contributed by atoms with Crippen molar-refractivity contribution in [3.8, 4) is 5.75 Å². The first-order valence-electron chi connectivity index (χ1n) is 6.34. The van der Waals surface area contributed by atoms with Crippen LogP contribution in [-0.4, -0.2) is 36.9 Å². The normalized spacial score (nSPS) is 20.9.